The van der Waals surface area contributed by atoms with Gasteiger partial charge in [0.15, 0.2) is 8.32 Å². The molecule has 29 heavy (non-hydrogen) atoms. The van der Waals surface area contributed by atoms with Crippen LogP contribution in [0.2, 0.25) is 39.3 Å². The Labute approximate surface area is 181 Å². The largest absolute Gasteiger partial charge is 0.547 e. The zero-order chi connectivity index (χ0) is 21.2. The molecule has 4 heteroatoms. The third-order valence-electron chi connectivity index (χ3n) is 8.50. The fourth-order valence-electron chi connectivity index (χ4n) is 7.24. The van der Waals surface area contributed by atoms with E-state index in [0.29, 0.717) is 11.5 Å². The fourth-order valence-corrected chi connectivity index (χ4v) is 9.42. The smallest absolute Gasteiger partial charge is 0.241 e. The van der Waals surface area contributed by atoms with Crippen molar-refractivity contribution in [3.63, 3.8) is 0 Å². The summed E-state index contributed by atoms with van der Waals surface area (Å²) in [6.07, 6.45) is 14.6. The zero-order valence-corrected chi connectivity index (χ0v) is 22.2. The summed E-state index contributed by atoms with van der Waals surface area (Å²) < 4.78 is 13.1. The van der Waals surface area contributed by atoms with Gasteiger partial charge in [0.05, 0.1) is 5.76 Å². The van der Waals surface area contributed by atoms with Gasteiger partial charge >= 0.3 is 0 Å². The Kier molecular flexibility index (Phi) is 5.36. The van der Waals surface area contributed by atoms with E-state index < -0.39 is 16.6 Å². The van der Waals surface area contributed by atoms with Gasteiger partial charge in [-0.25, -0.2) is 0 Å². The molecule has 0 saturated heterocycles. The van der Waals surface area contributed by atoms with Gasteiger partial charge in [0.1, 0.15) is 0 Å². The van der Waals surface area contributed by atoms with Crippen LogP contribution in [0.3, 0.4) is 0 Å². The molecule has 0 amide bonds. The summed E-state index contributed by atoms with van der Waals surface area (Å²) in [5.41, 5.74) is 2.43. The van der Waals surface area contributed by atoms with Gasteiger partial charge in [0.2, 0.25) is 8.32 Å². The van der Waals surface area contributed by atoms with Crippen molar-refractivity contribution in [1.29, 1.82) is 0 Å². The minimum atomic E-state index is -1.55. The van der Waals surface area contributed by atoms with Gasteiger partial charge in [-0.3, -0.25) is 0 Å². The molecular formula is C25H44O2Si2. The van der Waals surface area contributed by atoms with E-state index >= 15 is 0 Å². The number of allylic oxidation sites excluding steroid dienone is 3. The van der Waals surface area contributed by atoms with Crippen molar-refractivity contribution in [3.8, 4) is 0 Å². The van der Waals surface area contributed by atoms with Crippen LogP contribution in [0.1, 0.15) is 58.8 Å². The van der Waals surface area contributed by atoms with Crippen LogP contribution < -0.4 is 0 Å². The Morgan fingerprint density at radius 2 is 1.52 bits per heavy atom. The zero-order valence-electron chi connectivity index (χ0n) is 20.2. The first-order chi connectivity index (χ1) is 13.3. The van der Waals surface area contributed by atoms with E-state index in [1.807, 2.05) is 0 Å². The van der Waals surface area contributed by atoms with Crippen LogP contribution in [-0.4, -0.2) is 22.7 Å². The first-order valence-corrected chi connectivity index (χ1v) is 18.9. The Balaban J connectivity index is 1.54. The molecule has 2 fully saturated rings. The molecule has 0 radical (unpaired) electrons. The minimum absolute atomic E-state index is 0.279. The van der Waals surface area contributed by atoms with Gasteiger partial charge in [0, 0.05) is 11.5 Å². The van der Waals surface area contributed by atoms with Crippen molar-refractivity contribution in [2.45, 2.75) is 104 Å². The van der Waals surface area contributed by atoms with Crippen LogP contribution in [0.25, 0.3) is 0 Å². The molecule has 4 aliphatic carbocycles. The summed E-state index contributed by atoms with van der Waals surface area (Å²) in [6.45, 7) is 19.1. The molecule has 6 atom stereocenters. The Bertz CT molecular complexity index is 713. The molecule has 0 aliphatic heterocycles. The summed E-state index contributed by atoms with van der Waals surface area (Å²) in [4.78, 5) is 0. The van der Waals surface area contributed by atoms with Crippen LogP contribution in [0, 0.1) is 28.6 Å². The van der Waals surface area contributed by atoms with Crippen LogP contribution in [0.15, 0.2) is 23.5 Å². The lowest BCUT2D eigenvalue weighted by Crippen LogP contribution is -2.51. The molecule has 0 heterocycles. The fraction of sp³-hybridized carbons (Fsp3) is 0.840. The summed E-state index contributed by atoms with van der Waals surface area (Å²) in [7, 11) is -3.01. The lowest BCUT2D eigenvalue weighted by molar-refractivity contribution is -0.0365. The Hall–Kier alpha value is -0.326. The molecule has 0 aromatic rings. The third-order valence-corrected chi connectivity index (χ3v) is 10.4. The Morgan fingerprint density at radius 3 is 2.17 bits per heavy atom. The van der Waals surface area contributed by atoms with Gasteiger partial charge in [-0.2, -0.15) is 0 Å². The maximum absolute atomic E-state index is 6.61. The molecule has 0 aromatic carbocycles. The molecule has 2 saturated carbocycles. The van der Waals surface area contributed by atoms with E-state index in [4.69, 9.17) is 8.85 Å². The highest BCUT2D eigenvalue weighted by atomic mass is 28.4. The van der Waals surface area contributed by atoms with Gasteiger partial charge in [-0.05, 0) is 113 Å². The first-order valence-electron chi connectivity index (χ1n) is 12.1. The van der Waals surface area contributed by atoms with Crippen LogP contribution in [-0.2, 0) is 8.85 Å². The highest BCUT2D eigenvalue weighted by molar-refractivity contribution is 6.70. The predicted octanol–water partition coefficient (Wildman–Crippen LogP) is 7.51. The van der Waals surface area contributed by atoms with Crippen molar-refractivity contribution in [3.05, 3.63) is 23.5 Å². The first kappa shape index (κ1) is 21.9. The summed E-state index contributed by atoms with van der Waals surface area (Å²) in [5.74, 6) is 3.81. The van der Waals surface area contributed by atoms with E-state index in [1.165, 1.54) is 50.7 Å². The quantitative estimate of drug-likeness (QED) is 0.338. The highest BCUT2D eigenvalue weighted by Crippen LogP contribution is 2.65. The number of hydrogen-bond acceptors (Lipinski definition) is 2. The number of hydrogen-bond donors (Lipinski definition) is 0. The lowest BCUT2D eigenvalue weighted by Gasteiger charge is -2.58. The predicted molar refractivity (Wildman–Crippen MR) is 128 cm³/mol. The maximum atomic E-state index is 6.61. The second-order valence-electron chi connectivity index (χ2n) is 12.8. The van der Waals surface area contributed by atoms with E-state index in [2.05, 4.69) is 65.3 Å². The average molecular weight is 433 g/mol. The van der Waals surface area contributed by atoms with E-state index in [0.717, 1.165) is 17.8 Å². The van der Waals surface area contributed by atoms with Gasteiger partial charge < -0.3 is 8.85 Å². The van der Waals surface area contributed by atoms with Crippen LogP contribution >= 0.6 is 0 Å². The monoisotopic (exact) mass is 432 g/mol. The third kappa shape index (κ3) is 3.98. The van der Waals surface area contributed by atoms with Crippen molar-refractivity contribution in [1.82, 2.24) is 0 Å². The number of fused-ring (bicyclic) bond motifs is 5. The second-order valence-corrected chi connectivity index (χ2v) is 21.7. The van der Waals surface area contributed by atoms with Gasteiger partial charge in [-0.15, -0.1) is 0 Å². The molecule has 0 bridgehead atoms. The van der Waals surface area contributed by atoms with Crippen molar-refractivity contribution in [2.24, 2.45) is 28.6 Å². The minimum Gasteiger partial charge on any atom is -0.547 e. The molecule has 2 nitrogen and oxygen atoms in total. The van der Waals surface area contributed by atoms with Crippen molar-refractivity contribution in [2.75, 3.05) is 0 Å². The van der Waals surface area contributed by atoms with Crippen LogP contribution in [0.4, 0.5) is 0 Å². The molecule has 0 aromatic heterocycles. The van der Waals surface area contributed by atoms with Gasteiger partial charge in [0.25, 0.3) is 0 Å². The standard InChI is InChI=1S/C25H44O2Si2/c1-24-15-13-19(26-28(3,4)5)17-18(24)9-10-20-21-11-12-23(27-29(6,7)8)25(21,2)16-14-22(20)24/h9,12,19-22H,10-11,13-17H2,1-8H3. The number of rotatable bonds is 4. The highest BCUT2D eigenvalue weighted by Gasteiger charge is 2.57. The molecule has 4 aliphatic rings. The molecule has 6 unspecified atom stereocenters. The molecule has 4 rings (SSSR count). The Morgan fingerprint density at radius 1 is 0.828 bits per heavy atom. The summed E-state index contributed by atoms with van der Waals surface area (Å²) in [6, 6.07) is 0. The molecular weight excluding hydrogens is 388 g/mol. The summed E-state index contributed by atoms with van der Waals surface area (Å²) in [5, 5.41) is 0. The van der Waals surface area contributed by atoms with E-state index in [9.17, 15) is 0 Å². The van der Waals surface area contributed by atoms with Crippen molar-refractivity contribution >= 4 is 16.6 Å². The van der Waals surface area contributed by atoms with Crippen LogP contribution in [0.5, 0.6) is 0 Å². The maximum Gasteiger partial charge on any atom is 0.241 e. The molecule has 164 valence electrons. The average Bonchev–Trinajstić information content (AvgIpc) is 2.89. The van der Waals surface area contributed by atoms with E-state index in [-0.39, 0.29) is 5.41 Å². The topological polar surface area (TPSA) is 18.5 Å². The molecule has 0 N–H and O–H groups in total. The normalized spacial score (nSPS) is 42.3. The van der Waals surface area contributed by atoms with E-state index in [1.54, 1.807) is 5.57 Å². The van der Waals surface area contributed by atoms with Gasteiger partial charge in [-0.1, -0.05) is 25.5 Å². The SMILES string of the molecule is CC12CCC(O[Si](C)(C)C)CC1=CCC1C2CCC2(C)C(O[Si](C)(C)C)=CCC12. The summed E-state index contributed by atoms with van der Waals surface area (Å²) >= 11 is 0. The second kappa shape index (κ2) is 7.10. The molecule has 0 spiro atoms. The lowest BCUT2D eigenvalue weighted by atomic mass is 9.48. The van der Waals surface area contributed by atoms with Crippen molar-refractivity contribution < 1.29 is 8.85 Å².